The average molecular weight is 240 g/mol. The smallest absolute Gasteiger partial charge is 0.0357 e. The van der Waals surface area contributed by atoms with E-state index in [4.69, 9.17) is 0 Å². The third-order valence-electron chi connectivity index (χ3n) is 4.88. The molecule has 0 spiro atoms. The van der Waals surface area contributed by atoms with Crippen LogP contribution in [0.4, 0.5) is 0 Å². The molecule has 1 N–H and O–H groups in total. The zero-order valence-electron chi connectivity index (χ0n) is 12.6. The van der Waals surface area contributed by atoms with Gasteiger partial charge in [0.15, 0.2) is 0 Å². The van der Waals surface area contributed by atoms with Crippen molar-refractivity contribution in [1.82, 2.24) is 10.2 Å². The summed E-state index contributed by atoms with van der Waals surface area (Å²) < 4.78 is 0. The molecule has 0 aromatic carbocycles. The quantitative estimate of drug-likeness (QED) is 0.665. The van der Waals surface area contributed by atoms with E-state index >= 15 is 0 Å². The van der Waals surface area contributed by atoms with E-state index in [0.717, 1.165) is 5.92 Å². The molecule has 1 atom stereocenters. The van der Waals surface area contributed by atoms with Crippen LogP contribution < -0.4 is 5.32 Å². The number of nitrogens with zero attached hydrogens (tertiary/aromatic N) is 1. The van der Waals surface area contributed by atoms with Gasteiger partial charge in [0.2, 0.25) is 0 Å². The lowest BCUT2D eigenvalue weighted by Gasteiger charge is -2.48. The molecule has 1 saturated carbocycles. The van der Waals surface area contributed by atoms with Gasteiger partial charge in [-0.2, -0.15) is 0 Å². The third kappa shape index (κ3) is 3.23. The van der Waals surface area contributed by atoms with Crippen molar-refractivity contribution >= 4 is 0 Å². The summed E-state index contributed by atoms with van der Waals surface area (Å²) >= 11 is 0. The highest BCUT2D eigenvalue weighted by Crippen LogP contribution is 2.39. The standard InChI is InChI=1S/C15H32N2/c1-6-15(7-2,17(8-3)9-4)14(16-5)12-13-10-11-13/h13-14,16H,6-12H2,1-5H3. The third-order valence-corrected chi connectivity index (χ3v) is 4.88. The van der Waals surface area contributed by atoms with E-state index in [1.54, 1.807) is 0 Å². The van der Waals surface area contributed by atoms with Crippen LogP contribution in [-0.2, 0) is 0 Å². The van der Waals surface area contributed by atoms with E-state index < -0.39 is 0 Å². The van der Waals surface area contributed by atoms with E-state index in [0.29, 0.717) is 11.6 Å². The Labute approximate surface area is 108 Å². The van der Waals surface area contributed by atoms with Gasteiger partial charge in [-0.05, 0) is 45.3 Å². The minimum Gasteiger partial charge on any atom is -0.315 e. The number of nitrogens with one attached hydrogen (secondary N) is 1. The SMILES string of the molecule is CCN(CC)C(CC)(CC)C(CC1CC1)NC. The van der Waals surface area contributed by atoms with Crippen molar-refractivity contribution in [2.75, 3.05) is 20.1 Å². The Morgan fingerprint density at radius 1 is 1.12 bits per heavy atom. The van der Waals surface area contributed by atoms with Crippen LogP contribution in [0.5, 0.6) is 0 Å². The van der Waals surface area contributed by atoms with E-state index in [1.807, 2.05) is 0 Å². The van der Waals surface area contributed by atoms with Gasteiger partial charge in [0.25, 0.3) is 0 Å². The monoisotopic (exact) mass is 240 g/mol. The summed E-state index contributed by atoms with van der Waals surface area (Å²) in [7, 11) is 2.15. The second-order valence-corrected chi connectivity index (χ2v) is 5.50. The second-order valence-electron chi connectivity index (χ2n) is 5.50. The van der Waals surface area contributed by atoms with Crippen LogP contribution in [0, 0.1) is 5.92 Å². The molecule has 1 aliphatic rings. The Hall–Kier alpha value is -0.0800. The predicted octanol–water partition coefficient (Wildman–Crippen LogP) is 3.28. The highest BCUT2D eigenvalue weighted by Gasteiger charge is 2.41. The molecule has 0 heterocycles. The van der Waals surface area contributed by atoms with Gasteiger partial charge in [0, 0.05) is 11.6 Å². The molecule has 1 rings (SSSR count). The van der Waals surface area contributed by atoms with Gasteiger partial charge in [0.05, 0.1) is 0 Å². The first-order valence-electron chi connectivity index (χ1n) is 7.60. The average Bonchev–Trinajstić information content (AvgIpc) is 3.17. The number of hydrogen-bond acceptors (Lipinski definition) is 2. The van der Waals surface area contributed by atoms with Gasteiger partial charge in [-0.15, -0.1) is 0 Å². The molecule has 102 valence electrons. The molecule has 0 saturated heterocycles. The summed E-state index contributed by atoms with van der Waals surface area (Å²) in [6, 6.07) is 0.657. The highest BCUT2D eigenvalue weighted by molar-refractivity contribution is 5.00. The van der Waals surface area contributed by atoms with Crippen molar-refractivity contribution in [3.05, 3.63) is 0 Å². The molecule has 0 aromatic rings. The summed E-state index contributed by atoms with van der Waals surface area (Å²) in [5.41, 5.74) is 0.362. The van der Waals surface area contributed by atoms with E-state index in [-0.39, 0.29) is 0 Å². The molecule has 17 heavy (non-hydrogen) atoms. The Morgan fingerprint density at radius 2 is 1.65 bits per heavy atom. The predicted molar refractivity (Wildman–Crippen MR) is 76.4 cm³/mol. The summed E-state index contributed by atoms with van der Waals surface area (Å²) in [5, 5.41) is 3.62. The molecule has 1 aliphatic carbocycles. The van der Waals surface area contributed by atoms with Crippen molar-refractivity contribution in [3.8, 4) is 0 Å². The minimum atomic E-state index is 0.362. The molecular formula is C15H32N2. The lowest BCUT2D eigenvalue weighted by molar-refractivity contribution is 0.0468. The number of hydrogen-bond donors (Lipinski definition) is 1. The number of likely N-dealkylation sites (N-methyl/N-ethyl adjacent to an activating group) is 2. The van der Waals surface area contributed by atoms with Crippen LogP contribution in [0.15, 0.2) is 0 Å². The lowest BCUT2D eigenvalue weighted by atomic mass is 9.80. The second kappa shape index (κ2) is 6.75. The Morgan fingerprint density at radius 3 is 1.94 bits per heavy atom. The van der Waals surface area contributed by atoms with E-state index in [9.17, 15) is 0 Å². The Kier molecular flexibility index (Phi) is 5.94. The lowest BCUT2D eigenvalue weighted by Crippen LogP contribution is -2.60. The van der Waals surface area contributed by atoms with Crippen molar-refractivity contribution in [2.45, 2.75) is 71.4 Å². The molecule has 1 unspecified atom stereocenters. The molecule has 2 nitrogen and oxygen atoms in total. The largest absolute Gasteiger partial charge is 0.315 e. The molecule has 2 heteroatoms. The van der Waals surface area contributed by atoms with Gasteiger partial charge < -0.3 is 5.32 Å². The molecule has 0 amide bonds. The first-order valence-corrected chi connectivity index (χ1v) is 7.60. The van der Waals surface area contributed by atoms with Crippen LogP contribution in [0.3, 0.4) is 0 Å². The van der Waals surface area contributed by atoms with Gasteiger partial charge in [-0.3, -0.25) is 4.90 Å². The van der Waals surface area contributed by atoms with Gasteiger partial charge in [-0.25, -0.2) is 0 Å². The van der Waals surface area contributed by atoms with E-state index in [1.165, 1.54) is 45.2 Å². The van der Waals surface area contributed by atoms with Crippen LogP contribution in [0.1, 0.15) is 59.8 Å². The summed E-state index contributed by atoms with van der Waals surface area (Å²) in [6.45, 7) is 11.7. The summed E-state index contributed by atoms with van der Waals surface area (Å²) in [6.07, 6.45) is 6.79. The van der Waals surface area contributed by atoms with E-state index in [2.05, 4.69) is 45.0 Å². The zero-order chi connectivity index (χ0) is 12.9. The van der Waals surface area contributed by atoms with Crippen LogP contribution in [-0.4, -0.2) is 36.6 Å². The molecule has 0 bridgehead atoms. The first kappa shape index (κ1) is 15.0. The molecule has 0 aliphatic heterocycles. The van der Waals surface area contributed by atoms with Crippen LogP contribution >= 0.6 is 0 Å². The fourth-order valence-corrected chi connectivity index (χ4v) is 3.56. The van der Waals surface area contributed by atoms with Crippen molar-refractivity contribution in [3.63, 3.8) is 0 Å². The fraction of sp³-hybridized carbons (Fsp3) is 1.00. The maximum absolute atomic E-state index is 3.62. The van der Waals surface area contributed by atoms with Gasteiger partial charge >= 0.3 is 0 Å². The van der Waals surface area contributed by atoms with Crippen LogP contribution in [0.2, 0.25) is 0 Å². The molecule has 1 fully saturated rings. The van der Waals surface area contributed by atoms with Gasteiger partial charge in [-0.1, -0.05) is 40.5 Å². The zero-order valence-corrected chi connectivity index (χ0v) is 12.6. The Bertz CT molecular complexity index is 203. The highest BCUT2D eigenvalue weighted by atomic mass is 15.2. The van der Waals surface area contributed by atoms with Crippen molar-refractivity contribution in [2.24, 2.45) is 5.92 Å². The maximum atomic E-state index is 3.62. The summed E-state index contributed by atoms with van der Waals surface area (Å²) in [5.74, 6) is 1.00. The van der Waals surface area contributed by atoms with Gasteiger partial charge in [0.1, 0.15) is 0 Å². The normalized spacial score (nSPS) is 18.7. The minimum absolute atomic E-state index is 0.362. The molecule has 0 aromatic heterocycles. The topological polar surface area (TPSA) is 15.3 Å². The summed E-state index contributed by atoms with van der Waals surface area (Å²) in [4.78, 5) is 2.68. The molecular weight excluding hydrogens is 208 g/mol. The maximum Gasteiger partial charge on any atom is 0.0357 e. The fourth-order valence-electron chi connectivity index (χ4n) is 3.56. The Balaban J connectivity index is 2.83. The number of rotatable bonds is 9. The first-order chi connectivity index (χ1) is 8.18. The van der Waals surface area contributed by atoms with Crippen molar-refractivity contribution in [1.29, 1.82) is 0 Å². The van der Waals surface area contributed by atoms with Crippen LogP contribution in [0.25, 0.3) is 0 Å². The molecule has 0 radical (unpaired) electrons. The van der Waals surface area contributed by atoms with Crippen molar-refractivity contribution < 1.29 is 0 Å².